The maximum absolute atomic E-state index is 14.1. The molecular formula is C35H41BrF2N5O9P. The van der Waals surface area contributed by atoms with Crippen LogP contribution in [0.15, 0.2) is 65.1 Å². The largest absolute Gasteiger partial charge is 0.504 e. The van der Waals surface area contributed by atoms with Crippen LogP contribution < -0.4 is 31.7 Å². The van der Waals surface area contributed by atoms with Crippen molar-refractivity contribution in [3.05, 3.63) is 93.0 Å². The van der Waals surface area contributed by atoms with E-state index >= 15 is 0 Å². The normalized spacial score (nSPS) is 12.4. The maximum Gasteiger partial charge on any atom is 0.339 e. The Bertz CT molecular complexity index is 1780. The number of hydrogen-bond acceptors (Lipinski definition) is 9. The first-order valence-electron chi connectivity index (χ1n) is 16.2. The fourth-order valence-corrected chi connectivity index (χ4v) is 5.73. The lowest BCUT2D eigenvalue weighted by molar-refractivity contribution is -0.131. The monoisotopic (exact) mass is 823 g/mol. The minimum Gasteiger partial charge on any atom is -0.504 e. The zero-order valence-electron chi connectivity index (χ0n) is 28.8. The van der Waals surface area contributed by atoms with E-state index < -0.39 is 61.9 Å². The second-order valence-corrected chi connectivity index (χ2v) is 14.0. The molecule has 286 valence electrons. The summed E-state index contributed by atoms with van der Waals surface area (Å²) in [6.07, 6.45) is 0.499. The standard InChI is InChI=1S/C35H41BrF2N5O9P/c1-20-6-10-23(18-25(20)36)33(48)40-14-4-3-5-26(32(39)47)43-34(49)27(15-21-7-11-24(12-8-21)35(37,38)53(50)51)42-31(46)19-41-30(45)17-22-9-13-28(44)29(16-22)52-2/h6-13,16,18,26-27,44,50-51H,3-5,14-15,17,19H2,1-2H3,(H2,39,47)(H,40,48)(H,41,45)(H,42,46)(H,43,49). The van der Waals surface area contributed by atoms with Gasteiger partial charge < -0.3 is 46.6 Å². The van der Waals surface area contributed by atoms with Crippen molar-refractivity contribution in [2.24, 2.45) is 5.73 Å². The van der Waals surface area contributed by atoms with Gasteiger partial charge in [0.1, 0.15) is 12.1 Å². The van der Waals surface area contributed by atoms with Gasteiger partial charge in [-0.05, 0) is 67.1 Å². The Morgan fingerprint density at radius 3 is 2.21 bits per heavy atom. The molecular weight excluding hydrogens is 783 g/mol. The van der Waals surface area contributed by atoms with Crippen LogP contribution in [0.25, 0.3) is 0 Å². The molecule has 2 unspecified atom stereocenters. The number of nitrogens with one attached hydrogen (secondary N) is 4. The summed E-state index contributed by atoms with van der Waals surface area (Å²) in [6.45, 7) is 1.62. The number of primary amides is 1. The SMILES string of the molecule is COc1cc(CC(=O)NCC(=O)NC(Cc2ccc(C(F)(F)P(O)O)cc2)C(=O)NC(CCCCNC(=O)c2ccc(C)c(Br)c2)C(N)=O)ccc1O. The second kappa shape index (κ2) is 19.9. The predicted octanol–water partition coefficient (Wildman–Crippen LogP) is 2.77. The average molecular weight is 825 g/mol. The molecule has 53 heavy (non-hydrogen) atoms. The highest BCUT2D eigenvalue weighted by Gasteiger charge is 2.40. The predicted molar refractivity (Wildman–Crippen MR) is 195 cm³/mol. The van der Waals surface area contributed by atoms with Gasteiger partial charge in [-0.1, -0.05) is 52.3 Å². The number of rotatable bonds is 19. The molecule has 0 radical (unpaired) electrons. The van der Waals surface area contributed by atoms with E-state index in [0.29, 0.717) is 29.5 Å². The average Bonchev–Trinajstić information content (AvgIpc) is 3.11. The fraction of sp³-hybridized carbons (Fsp3) is 0.343. The molecule has 0 saturated heterocycles. The van der Waals surface area contributed by atoms with Gasteiger partial charge in [0.2, 0.25) is 32.0 Å². The topological polar surface area (TPSA) is 229 Å². The number of ether oxygens (including phenoxy) is 1. The van der Waals surface area contributed by atoms with E-state index in [1.165, 1.54) is 37.4 Å². The first-order valence-corrected chi connectivity index (χ1v) is 18.3. The Morgan fingerprint density at radius 1 is 0.906 bits per heavy atom. The third-order valence-electron chi connectivity index (χ3n) is 8.00. The lowest BCUT2D eigenvalue weighted by Gasteiger charge is -2.23. The third kappa shape index (κ3) is 13.0. The highest BCUT2D eigenvalue weighted by atomic mass is 79.9. The number of phenols is 1. The molecule has 0 saturated carbocycles. The van der Waals surface area contributed by atoms with E-state index in [1.807, 2.05) is 6.92 Å². The van der Waals surface area contributed by atoms with Crippen molar-refractivity contribution in [3.8, 4) is 11.5 Å². The van der Waals surface area contributed by atoms with Crippen LogP contribution in [0.3, 0.4) is 0 Å². The van der Waals surface area contributed by atoms with Gasteiger partial charge >= 0.3 is 5.66 Å². The number of aryl methyl sites for hydroxylation is 1. The van der Waals surface area contributed by atoms with E-state index in [2.05, 4.69) is 37.2 Å². The number of aromatic hydroxyl groups is 1. The van der Waals surface area contributed by atoms with Gasteiger partial charge in [0.25, 0.3) is 5.91 Å². The van der Waals surface area contributed by atoms with E-state index in [9.17, 15) is 37.9 Å². The Kier molecular flexibility index (Phi) is 16.1. The van der Waals surface area contributed by atoms with Gasteiger partial charge in [-0.25, -0.2) is 0 Å². The molecule has 3 aromatic rings. The van der Waals surface area contributed by atoms with Crippen molar-refractivity contribution in [2.45, 2.75) is 56.8 Å². The molecule has 3 rings (SSSR count). The molecule has 14 nitrogen and oxygen atoms in total. The highest BCUT2D eigenvalue weighted by Crippen LogP contribution is 2.52. The second-order valence-electron chi connectivity index (χ2n) is 12.0. The van der Waals surface area contributed by atoms with Gasteiger partial charge in [0.15, 0.2) is 11.5 Å². The molecule has 9 N–H and O–H groups in total. The van der Waals surface area contributed by atoms with Crippen molar-refractivity contribution in [1.82, 2.24) is 21.3 Å². The van der Waals surface area contributed by atoms with E-state index in [4.69, 9.17) is 20.3 Å². The summed E-state index contributed by atoms with van der Waals surface area (Å²) in [5.74, 6) is -3.29. The lowest BCUT2D eigenvalue weighted by Crippen LogP contribution is -2.54. The molecule has 0 heterocycles. The third-order valence-corrected chi connectivity index (χ3v) is 9.61. The quantitative estimate of drug-likeness (QED) is 0.0656. The van der Waals surface area contributed by atoms with Crippen LogP contribution >= 0.6 is 24.3 Å². The summed E-state index contributed by atoms with van der Waals surface area (Å²) in [4.78, 5) is 81.9. The van der Waals surface area contributed by atoms with Crippen molar-refractivity contribution in [1.29, 1.82) is 0 Å². The van der Waals surface area contributed by atoms with Crippen LogP contribution in [0.1, 0.15) is 51.9 Å². The summed E-state index contributed by atoms with van der Waals surface area (Å²) >= 11 is 3.39. The van der Waals surface area contributed by atoms with Crippen LogP contribution in [0.5, 0.6) is 11.5 Å². The smallest absolute Gasteiger partial charge is 0.339 e. The number of carbonyl (C=O) groups excluding carboxylic acids is 5. The van der Waals surface area contributed by atoms with Gasteiger partial charge in [0, 0.05) is 28.6 Å². The summed E-state index contributed by atoms with van der Waals surface area (Å²) in [5.41, 5.74) is 3.20. The zero-order chi connectivity index (χ0) is 39.3. The van der Waals surface area contributed by atoms with Crippen LogP contribution in [-0.2, 0) is 37.7 Å². The van der Waals surface area contributed by atoms with E-state index in [-0.39, 0.29) is 43.2 Å². The van der Waals surface area contributed by atoms with Crippen LogP contribution in [0.2, 0.25) is 0 Å². The number of alkyl halides is 2. The molecule has 18 heteroatoms. The number of amides is 5. The van der Waals surface area contributed by atoms with Gasteiger partial charge in [0.05, 0.1) is 20.1 Å². The Labute approximate surface area is 313 Å². The summed E-state index contributed by atoms with van der Waals surface area (Å²) in [5, 5.41) is 20.0. The summed E-state index contributed by atoms with van der Waals surface area (Å²) in [6, 6.07) is 11.3. The molecule has 0 fully saturated rings. The number of hydrogen-bond donors (Lipinski definition) is 8. The molecule has 0 aliphatic heterocycles. The molecule has 0 spiro atoms. The van der Waals surface area contributed by atoms with Crippen molar-refractivity contribution in [3.63, 3.8) is 0 Å². The van der Waals surface area contributed by atoms with Crippen molar-refractivity contribution in [2.75, 3.05) is 20.2 Å². The van der Waals surface area contributed by atoms with E-state index in [1.54, 1.807) is 18.2 Å². The Morgan fingerprint density at radius 2 is 1.58 bits per heavy atom. The van der Waals surface area contributed by atoms with Gasteiger partial charge in [-0.3, -0.25) is 24.0 Å². The number of carbonyl (C=O) groups is 5. The number of unbranched alkanes of at least 4 members (excludes halogenated alkanes) is 1. The Balaban J connectivity index is 1.64. The minimum atomic E-state index is -3.91. The molecule has 3 aromatic carbocycles. The molecule has 0 aliphatic carbocycles. The minimum absolute atomic E-state index is 0.0981. The van der Waals surface area contributed by atoms with Crippen LogP contribution in [-0.4, -0.2) is 76.7 Å². The van der Waals surface area contributed by atoms with Gasteiger partial charge in [-0.15, -0.1) is 0 Å². The summed E-state index contributed by atoms with van der Waals surface area (Å²) in [7, 11) is -2.26. The molecule has 0 bridgehead atoms. The molecule has 2 atom stereocenters. The first kappa shape index (κ1) is 42.7. The Hall–Kier alpha value is -4.70. The van der Waals surface area contributed by atoms with Gasteiger partial charge in [-0.2, -0.15) is 8.78 Å². The van der Waals surface area contributed by atoms with Crippen molar-refractivity contribution >= 4 is 53.8 Å². The molecule has 0 aliphatic rings. The number of halogens is 3. The fourth-order valence-electron chi connectivity index (χ4n) is 4.98. The number of methoxy groups -OCH3 is 1. The summed E-state index contributed by atoms with van der Waals surface area (Å²) < 4.78 is 34.1. The maximum atomic E-state index is 14.1. The lowest BCUT2D eigenvalue weighted by atomic mass is 10.0. The van der Waals surface area contributed by atoms with E-state index in [0.717, 1.165) is 22.2 Å². The first-order chi connectivity index (χ1) is 25.0. The van der Waals surface area contributed by atoms with Crippen molar-refractivity contribution < 1.29 is 52.4 Å². The van der Waals surface area contributed by atoms with Crippen LogP contribution in [0, 0.1) is 6.92 Å². The number of benzene rings is 3. The van der Waals surface area contributed by atoms with Crippen LogP contribution in [0.4, 0.5) is 8.78 Å². The zero-order valence-corrected chi connectivity index (χ0v) is 31.3. The number of phenolic OH excluding ortho intramolecular Hbond substituents is 1. The highest BCUT2D eigenvalue weighted by molar-refractivity contribution is 9.10. The molecule has 0 aromatic heterocycles. The number of nitrogens with two attached hydrogens (primary N) is 1. The molecule has 5 amide bonds.